The van der Waals surface area contributed by atoms with Crippen LogP contribution in [0, 0.1) is 0 Å². The minimum Gasteiger partial charge on any atom is -0.337 e. The zero-order valence-electron chi connectivity index (χ0n) is 12.3. The number of aromatic nitrogens is 2. The van der Waals surface area contributed by atoms with Crippen LogP contribution >= 0.6 is 0 Å². The van der Waals surface area contributed by atoms with E-state index in [1.807, 2.05) is 14.0 Å². The van der Waals surface area contributed by atoms with Crippen LogP contribution in [0.1, 0.15) is 55.9 Å². The van der Waals surface area contributed by atoms with Gasteiger partial charge in [-0.05, 0) is 25.3 Å². The van der Waals surface area contributed by atoms with Gasteiger partial charge in [-0.2, -0.15) is 5.10 Å². The molecule has 0 radical (unpaired) electrons. The molecule has 110 valence electrons. The maximum absolute atomic E-state index is 12.5. The topological polar surface area (TPSA) is 55.2 Å². The molecule has 1 aromatic heterocycles. The summed E-state index contributed by atoms with van der Waals surface area (Å²) in [6.45, 7) is 2.53. The number of carbonyl (C=O) groups excluding carboxylic acids is 1. The smallest absolute Gasteiger partial charge is 0.274 e. The molecule has 2 rings (SSSR count). The quantitative estimate of drug-likeness (QED) is 0.846. The van der Waals surface area contributed by atoms with Gasteiger partial charge in [0.05, 0.1) is 0 Å². The van der Waals surface area contributed by atoms with E-state index in [0.29, 0.717) is 18.3 Å². The predicted octanol–water partition coefficient (Wildman–Crippen LogP) is 2.06. The zero-order valence-corrected chi connectivity index (χ0v) is 12.3. The largest absolute Gasteiger partial charge is 0.337 e. The molecule has 0 unspecified atom stereocenters. The van der Waals surface area contributed by atoms with E-state index < -0.39 is 0 Å². The van der Waals surface area contributed by atoms with Gasteiger partial charge in [0.25, 0.3) is 11.5 Å². The van der Waals surface area contributed by atoms with Gasteiger partial charge in [-0.15, -0.1) is 0 Å². The van der Waals surface area contributed by atoms with Crippen LogP contribution < -0.4 is 5.56 Å². The van der Waals surface area contributed by atoms with Crippen molar-refractivity contribution in [2.45, 2.75) is 58.0 Å². The Bertz CT molecular complexity index is 518. The van der Waals surface area contributed by atoms with Gasteiger partial charge in [-0.3, -0.25) is 9.59 Å². The van der Waals surface area contributed by atoms with Crippen molar-refractivity contribution in [3.63, 3.8) is 0 Å². The minimum atomic E-state index is -0.149. The highest BCUT2D eigenvalue weighted by molar-refractivity contribution is 5.92. The van der Waals surface area contributed by atoms with E-state index in [9.17, 15) is 9.59 Å². The molecule has 1 aromatic rings. The zero-order chi connectivity index (χ0) is 14.5. The summed E-state index contributed by atoms with van der Waals surface area (Å²) in [6, 6.07) is 3.28. The summed E-state index contributed by atoms with van der Waals surface area (Å²) in [4.78, 5) is 25.9. The second kappa shape index (κ2) is 6.68. The highest BCUT2D eigenvalue weighted by Gasteiger charge is 2.24. The Labute approximate surface area is 119 Å². The number of aryl methyl sites for hydroxylation is 1. The van der Waals surface area contributed by atoms with Gasteiger partial charge in [-0.25, -0.2) is 4.68 Å². The van der Waals surface area contributed by atoms with E-state index in [-0.39, 0.29) is 11.5 Å². The van der Waals surface area contributed by atoms with Crippen LogP contribution in [0.25, 0.3) is 0 Å². The Kier molecular flexibility index (Phi) is 4.93. The van der Waals surface area contributed by atoms with E-state index in [1.165, 1.54) is 36.1 Å². The summed E-state index contributed by atoms with van der Waals surface area (Å²) < 4.78 is 1.38. The molecule has 1 amide bonds. The van der Waals surface area contributed by atoms with Gasteiger partial charge >= 0.3 is 0 Å². The van der Waals surface area contributed by atoms with E-state index in [0.717, 1.165) is 19.3 Å². The number of hydrogen-bond acceptors (Lipinski definition) is 3. The van der Waals surface area contributed by atoms with Crippen molar-refractivity contribution in [3.8, 4) is 0 Å². The molecular formula is C15H23N3O2. The van der Waals surface area contributed by atoms with E-state index in [4.69, 9.17) is 0 Å². The molecule has 0 saturated heterocycles. The molecule has 0 bridgehead atoms. The first-order chi connectivity index (χ1) is 9.63. The van der Waals surface area contributed by atoms with E-state index >= 15 is 0 Å². The Morgan fingerprint density at radius 2 is 2.05 bits per heavy atom. The molecular weight excluding hydrogens is 254 g/mol. The fourth-order valence-corrected chi connectivity index (χ4v) is 2.75. The van der Waals surface area contributed by atoms with Crippen LogP contribution in [0.5, 0.6) is 0 Å². The fourth-order valence-electron chi connectivity index (χ4n) is 2.75. The van der Waals surface area contributed by atoms with Crippen LogP contribution in [0.2, 0.25) is 0 Å². The van der Waals surface area contributed by atoms with Crippen molar-refractivity contribution in [3.05, 3.63) is 28.2 Å². The monoisotopic (exact) mass is 277 g/mol. The number of nitrogens with zero attached hydrogens (tertiary/aromatic N) is 3. The summed E-state index contributed by atoms with van der Waals surface area (Å²) in [5, 5.41) is 4.19. The summed E-state index contributed by atoms with van der Waals surface area (Å²) >= 11 is 0. The second-order valence-corrected chi connectivity index (χ2v) is 5.49. The summed E-state index contributed by atoms with van der Waals surface area (Å²) in [5.74, 6) is -0.0817. The Morgan fingerprint density at radius 3 is 2.70 bits per heavy atom. The first-order valence-corrected chi connectivity index (χ1v) is 7.48. The first-order valence-electron chi connectivity index (χ1n) is 7.48. The first kappa shape index (κ1) is 14.8. The fraction of sp³-hybridized carbons (Fsp3) is 0.667. The lowest BCUT2D eigenvalue weighted by Crippen LogP contribution is -2.39. The standard InChI is InChI=1S/C15H23N3O2/c1-3-11-18-14(19)10-9-13(16-18)15(20)17(2)12-7-5-4-6-8-12/h9-10,12H,3-8,11H2,1-2H3. The van der Waals surface area contributed by atoms with Crippen molar-refractivity contribution >= 4 is 5.91 Å². The average molecular weight is 277 g/mol. The molecule has 0 N–H and O–H groups in total. The summed E-state index contributed by atoms with van der Waals surface area (Å²) in [6.07, 6.45) is 6.59. The lowest BCUT2D eigenvalue weighted by molar-refractivity contribution is 0.0687. The Balaban J connectivity index is 2.15. The molecule has 1 saturated carbocycles. The molecule has 0 aromatic carbocycles. The van der Waals surface area contributed by atoms with Crippen LogP contribution in [0.4, 0.5) is 0 Å². The van der Waals surface area contributed by atoms with Crippen molar-refractivity contribution in [1.29, 1.82) is 0 Å². The van der Waals surface area contributed by atoms with Crippen molar-refractivity contribution in [2.24, 2.45) is 0 Å². The van der Waals surface area contributed by atoms with Crippen LogP contribution in [-0.2, 0) is 6.54 Å². The third-order valence-electron chi connectivity index (χ3n) is 3.96. The lowest BCUT2D eigenvalue weighted by atomic mass is 9.94. The number of carbonyl (C=O) groups is 1. The molecule has 0 spiro atoms. The molecule has 0 atom stereocenters. The van der Waals surface area contributed by atoms with Gasteiger partial charge in [0.1, 0.15) is 5.69 Å². The number of rotatable bonds is 4. The SMILES string of the molecule is CCCn1nc(C(=O)N(C)C2CCCCC2)ccc1=O. The highest BCUT2D eigenvalue weighted by Crippen LogP contribution is 2.22. The van der Waals surface area contributed by atoms with Gasteiger partial charge in [0.2, 0.25) is 0 Å². The maximum atomic E-state index is 12.5. The summed E-state index contributed by atoms with van der Waals surface area (Å²) in [5.41, 5.74) is 0.217. The normalized spacial score (nSPS) is 16.1. The van der Waals surface area contributed by atoms with Gasteiger partial charge < -0.3 is 4.90 Å². The molecule has 1 aliphatic carbocycles. The Hall–Kier alpha value is -1.65. The number of amides is 1. The average Bonchev–Trinajstić information content (AvgIpc) is 2.49. The van der Waals surface area contributed by atoms with E-state index in [1.54, 1.807) is 4.90 Å². The molecule has 5 heteroatoms. The third kappa shape index (κ3) is 3.26. The minimum absolute atomic E-state index is 0.0817. The molecule has 1 aliphatic rings. The predicted molar refractivity (Wildman–Crippen MR) is 77.8 cm³/mol. The molecule has 1 fully saturated rings. The maximum Gasteiger partial charge on any atom is 0.274 e. The second-order valence-electron chi connectivity index (χ2n) is 5.49. The van der Waals surface area contributed by atoms with E-state index in [2.05, 4.69) is 5.10 Å². The van der Waals surface area contributed by atoms with Crippen molar-refractivity contribution in [1.82, 2.24) is 14.7 Å². The molecule has 5 nitrogen and oxygen atoms in total. The van der Waals surface area contributed by atoms with Gasteiger partial charge in [0.15, 0.2) is 0 Å². The third-order valence-corrected chi connectivity index (χ3v) is 3.96. The van der Waals surface area contributed by atoms with Gasteiger partial charge in [-0.1, -0.05) is 26.2 Å². The van der Waals surface area contributed by atoms with Crippen LogP contribution in [0.3, 0.4) is 0 Å². The molecule has 1 heterocycles. The lowest BCUT2D eigenvalue weighted by Gasteiger charge is -2.31. The van der Waals surface area contributed by atoms with Crippen LogP contribution in [0.15, 0.2) is 16.9 Å². The Morgan fingerprint density at radius 1 is 1.35 bits per heavy atom. The van der Waals surface area contributed by atoms with Crippen molar-refractivity contribution < 1.29 is 4.79 Å². The van der Waals surface area contributed by atoms with Crippen molar-refractivity contribution in [2.75, 3.05) is 7.05 Å². The summed E-state index contributed by atoms with van der Waals surface area (Å²) in [7, 11) is 1.84. The molecule has 20 heavy (non-hydrogen) atoms. The molecule has 0 aliphatic heterocycles. The number of hydrogen-bond donors (Lipinski definition) is 0. The van der Waals surface area contributed by atoms with Gasteiger partial charge in [0, 0.05) is 25.7 Å². The van der Waals surface area contributed by atoms with Crippen LogP contribution in [-0.4, -0.2) is 33.7 Å². The highest BCUT2D eigenvalue weighted by atomic mass is 16.2.